The Labute approximate surface area is 163 Å². The van der Waals surface area contributed by atoms with Crippen LogP contribution >= 0.6 is 0 Å². The molecule has 7 nitrogen and oxygen atoms in total. The van der Waals surface area contributed by atoms with E-state index in [9.17, 15) is 13.2 Å². The van der Waals surface area contributed by atoms with Crippen molar-refractivity contribution < 1.29 is 13.2 Å². The fourth-order valence-corrected chi connectivity index (χ4v) is 4.32. The number of carbonyl (C=O) groups excluding carboxylic acids is 1. The number of sulfonamides is 1. The van der Waals surface area contributed by atoms with Crippen LogP contribution in [0.15, 0.2) is 17.0 Å². The van der Waals surface area contributed by atoms with E-state index in [2.05, 4.69) is 22.2 Å². The van der Waals surface area contributed by atoms with Crippen LogP contribution in [-0.4, -0.2) is 88.8 Å². The van der Waals surface area contributed by atoms with Gasteiger partial charge in [-0.2, -0.15) is 0 Å². The lowest BCUT2D eigenvalue weighted by Gasteiger charge is -2.32. The van der Waals surface area contributed by atoms with Gasteiger partial charge in [-0.3, -0.25) is 4.79 Å². The number of nitrogens with zero attached hydrogens (tertiary/aromatic N) is 3. The zero-order valence-corrected chi connectivity index (χ0v) is 17.9. The second kappa shape index (κ2) is 9.14. The van der Waals surface area contributed by atoms with Gasteiger partial charge in [0.05, 0.1) is 4.90 Å². The molecule has 1 aliphatic heterocycles. The third-order valence-electron chi connectivity index (χ3n) is 5.17. The monoisotopic (exact) mass is 396 g/mol. The average Bonchev–Trinajstić information content (AvgIpc) is 2.61. The third kappa shape index (κ3) is 5.51. The Morgan fingerprint density at radius 3 is 2.37 bits per heavy atom. The topological polar surface area (TPSA) is 73.0 Å². The fourth-order valence-electron chi connectivity index (χ4n) is 3.10. The number of rotatable bonds is 7. The highest BCUT2D eigenvalue weighted by molar-refractivity contribution is 7.89. The molecule has 0 unspecified atom stereocenters. The molecule has 1 aromatic carbocycles. The van der Waals surface area contributed by atoms with Crippen LogP contribution in [0.1, 0.15) is 27.9 Å². The van der Waals surface area contributed by atoms with Crippen molar-refractivity contribution >= 4 is 15.9 Å². The van der Waals surface area contributed by atoms with Gasteiger partial charge in [-0.05, 0) is 57.1 Å². The molecule has 0 radical (unpaired) electrons. The number of piperazine rings is 1. The van der Waals surface area contributed by atoms with Gasteiger partial charge in [-0.1, -0.05) is 0 Å². The first kappa shape index (κ1) is 21.8. The molecule has 1 heterocycles. The molecule has 2 rings (SSSR count). The van der Waals surface area contributed by atoms with E-state index in [0.717, 1.165) is 44.7 Å². The standard InChI is InChI=1S/C19H32N4O3S/c1-15-13-17(14-18(16(15)2)27(25,26)21(3)4)19(24)20-7-6-8-23-11-9-22(5)10-12-23/h13-14H,6-12H2,1-5H3,(H,20,24). The molecule has 8 heteroatoms. The molecule has 0 aliphatic carbocycles. The summed E-state index contributed by atoms with van der Waals surface area (Å²) in [5.74, 6) is -0.230. The Kier molecular flexibility index (Phi) is 7.39. The minimum atomic E-state index is -3.59. The maximum atomic E-state index is 12.5. The molecule has 152 valence electrons. The van der Waals surface area contributed by atoms with Gasteiger partial charge in [0.2, 0.25) is 10.0 Å². The van der Waals surface area contributed by atoms with Crippen LogP contribution in [0.2, 0.25) is 0 Å². The lowest BCUT2D eigenvalue weighted by atomic mass is 10.1. The summed E-state index contributed by atoms with van der Waals surface area (Å²) >= 11 is 0. The van der Waals surface area contributed by atoms with Crippen LogP contribution in [0.3, 0.4) is 0 Å². The Morgan fingerprint density at radius 2 is 1.78 bits per heavy atom. The number of hydrogen-bond donors (Lipinski definition) is 1. The van der Waals surface area contributed by atoms with Gasteiger partial charge in [-0.15, -0.1) is 0 Å². The first-order chi connectivity index (χ1) is 12.6. The Morgan fingerprint density at radius 1 is 1.15 bits per heavy atom. The summed E-state index contributed by atoms with van der Waals surface area (Å²) in [5.41, 5.74) is 1.86. The van der Waals surface area contributed by atoms with Crippen molar-refractivity contribution in [3.63, 3.8) is 0 Å². The minimum Gasteiger partial charge on any atom is -0.352 e. The molecule has 1 aliphatic rings. The van der Waals surface area contributed by atoms with Crippen molar-refractivity contribution in [2.45, 2.75) is 25.2 Å². The summed E-state index contributed by atoms with van der Waals surface area (Å²) in [6.45, 7) is 9.42. The lowest BCUT2D eigenvalue weighted by molar-refractivity contribution is 0.0949. The molecule has 0 aromatic heterocycles. The predicted octanol–water partition coefficient (Wildman–Crippen LogP) is 0.921. The maximum Gasteiger partial charge on any atom is 0.251 e. The minimum absolute atomic E-state index is 0.190. The number of carbonyl (C=O) groups is 1. The molecule has 0 saturated carbocycles. The fraction of sp³-hybridized carbons (Fsp3) is 0.632. The molecule has 27 heavy (non-hydrogen) atoms. The van der Waals surface area contributed by atoms with E-state index < -0.39 is 10.0 Å². The van der Waals surface area contributed by atoms with Crippen molar-refractivity contribution in [1.29, 1.82) is 0 Å². The molecular weight excluding hydrogens is 364 g/mol. The highest BCUT2D eigenvalue weighted by Gasteiger charge is 2.23. The average molecular weight is 397 g/mol. The number of hydrogen-bond acceptors (Lipinski definition) is 5. The van der Waals surface area contributed by atoms with E-state index in [0.29, 0.717) is 17.7 Å². The van der Waals surface area contributed by atoms with Crippen molar-refractivity contribution in [1.82, 2.24) is 19.4 Å². The van der Waals surface area contributed by atoms with Crippen molar-refractivity contribution in [3.05, 3.63) is 28.8 Å². The quantitative estimate of drug-likeness (QED) is 0.694. The molecule has 1 aromatic rings. The van der Waals surface area contributed by atoms with Gasteiger partial charge < -0.3 is 15.1 Å². The maximum absolute atomic E-state index is 12.5. The summed E-state index contributed by atoms with van der Waals surface area (Å²) in [6, 6.07) is 3.23. The first-order valence-electron chi connectivity index (χ1n) is 9.36. The van der Waals surface area contributed by atoms with E-state index in [1.807, 2.05) is 6.92 Å². The molecule has 1 N–H and O–H groups in total. The van der Waals surface area contributed by atoms with Crippen molar-refractivity contribution in [2.24, 2.45) is 0 Å². The van der Waals surface area contributed by atoms with Crippen LogP contribution in [0, 0.1) is 13.8 Å². The van der Waals surface area contributed by atoms with Gasteiger partial charge in [0.1, 0.15) is 0 Å². The van der Waals surface area contributed by atoms with Crippen LogP contribution in [0.5, 0.6) is 0 Å². The summed E-state index contributed by atoms with van der Waals surface area (Å²) in [4.78, 5) is 17.4. The predicted molar refractivity (Wildman–Crippen MR) is 108 cm³/mol. The van der Waals surface area contributed by atoms with E-state index in [1.54, 1.807) is 13.0 Å². The van der Waals surface area contributed by atoms with E-state index >= 15 is 0 Å². The third-order valence-corrected chi connectivity index (χ3v) is 7.11. The highest BCUT2D eigenvalue weighted by atomic mass is 32.2. The largest absolute Gasteiger partial charge is 0.352 e. The van der Waals surface area contributed by atoms with Crippen LogP contribution in [-0.2, 0) is 10.0 Å². The Bertz CT molecular complexity index is 769. The molecule has 1 saturated heterocycles. The van der Waals surface area contributed by atoms with Gasteiger partial charge in [-0.25, -0.2) is 12.7 Å². The molecular formula is C19H32N4O3S. The van der Waals surface area contributed by atoms with Gasteiger partial charge in [0.25, 0.3) is 5.91 Å². The normalized spacial score (nSPS) is 16.7. The van der Waals surface area contributed by atoms with Crippen LogP contribution in [0.4, 0.5) is 0 Å². The molecule has 0 bridgehead atoms. The Hall–Kier alpha value is -1.48. The summed E-state index contributed by atoms with van der Waals surface area (Å²) in [6.07, 6.45) is 0.878. The van der Waals surface area contributed by atoms with Crippen LogP contribution in [0.25, 0.3) is 0 Å². The lowest BCUT2D eigenvalue weighted by Crippen LogP contribution is -2.45. The van der Waals surface area contributed by atoms with Crippen LogP contribution < -0.4 is 5.32 Å². The summed E-state index contributed by atoms with van der Waals surface area (Å²) in [7, 11) is 1.53. The zero-order chi connectivity index (χ0) is 20.2. The van der Waals surface area contributed by atoms with Crippen molar-refractivity contribution in [3.8, 4) is 0 Å². The second-order valence-electron chi connectivity index (χ2n) is 7.46. The van der Waals surface area contributed by atoms with Gasteiger partial charge >= 0.3 is 0 Å². The Balaban J connectivity index is 1.97. The highest BCUT2D eigenvalue weighted by Crippen LogP contribution is 2.23. The first-order valence-corrected chi connectivity index (χ1v) is 10.8. The molecule has 0 spiro atoms. The van der Waals surface area contributed by atoms with Gasteiger partial charge in [0, 0.05) is 52.4 Å². The smallest absolute Gasteiger partial charge is 0.251 e. The second-order valence-corrected chi connectivity index (χ2v) is 9.58. The molecule has 1 fully saturated rings. The number of aryl methyl sites for hydroxylation is 1. The zero-order valence-electron chi connectivity index (χ0n) is 17.1. The number of likely N-dealkylation sites (N-methyl/N-ethyl adjacent to an activating group) is 1. The molecule has 1 amide bonds. The van der Waals surface area contributed by atoms with E-state index in [4.69, 9.17) is 0 Å². The number of nitrogens with one attached hydrogen (secondary N) is 1. The summed E-state index contributed by atoms with van der Waals surface area (Å²) in [5, 5.41) is 2.92. The van der Waals surface area contributed by atoms with Crippen molar-refractivity contribution in [2.75, 3.05) is 60.4 Å². The SMILES string of the molecule is Cc1cc(C(=O)NCCCN2CCN(C)CC2)cc(S(=O)(=O)N(C)C)c1C. The summed E-state index contributed by atoms with van der Waals surface area (Å²) < 4.78 is 26.2. The van der Waals surface area contributed by atoms with E-state index in [1.165, 1.54) is 24.5 Å². The number of benzene rings is 1. The van der Waals surface area contributed by atoms with E-state index in [-0.39, 0.29) is 10.8 Å². The molecule has 0 atom stereocenters. The number of amides is 1. The van der Waals surface area contributed by atoms with Gasteiger partial charge in [0.15, 0.2) is 0 Å².